The van der Waals surface area contributed by atoms with Gasteiger partial charge >= 0.3 is 0 Å². The number of ether oxygens (including phenoxy) is 1. The normalized spacial score (nSPS) is 12.0. The minimum atomic E-state index is -0.102. The molecule has 0 aliphatic heterocycles. The quantitative estimate of drug-likeness (QED) is 0.672. The summed E-state index contributed by atoms with van der Waals surface area (Å²) in [5.41, 5.74) is 0.515. The van der Waals surface area contributed by atoms with Gasteiger partial charge in [0.15, 0.2) is 0 Å². The standard InChI is InChI=1S/C16H26N2O4/c1-4-13(2)18(16(20)14-7-11-22-12-14)9-6-15(19)17-8-5-10-21-3/h7,11-13H,4-6,8-10H2,1-3H3,(H,17,19)/t13-/m1/s1. The summed E-state index contributed by atoms with van der Waals surface area (Å²) >= 11 is 0. The lowest BCUT2D eigenvalue weighted by atomic mass is 10.1. The van der Waals surface area contributed by atoms with Crippen molar-refractivity contribution in [3.8, 4) is 0 Å². The molecule has 6 heteroatoms. The van der Waals surface area contributed by atoms with Gasteiger partial charge in [0.1, 0.15) is 6.26 Å². The summed E-state index contributed by atoms with van der Waals surface area (Å²) in [7, 11) is 1.63. The Hall–Kier alpha value is -1.82. The lowest BCUT2D eigenvalue weighted by Crippen LogP contribution is -2.40. The number of nitrogens with zero attached hydrogens (tertiary/aromatic N) is 1. The predicted molar refractivity (Wildman–Crippen MR) is 83.6 cm³/mol. The Kier molecular flexibility index (Phi) is 8.28. The van der Waals surface area contributed by atoms with Gasteiger partial charge in [-0.1, -0.05) is 6.92 Å². The topological polar surface area (TPSA) is 71.8 Å². The number of rotatable bonds is 10. The molecule has 0 spiro atoms. The fourth-order valence-corrected chi connectivity index (χ4v) is 2.05. The average Bonchev–Trinajstić information content (AvgIpc) is 3.05. The molecule has 0 fully saturated rings. The molecule has 0 radical (unpaired) electrons. The van der Waals surface area contributed by atoms with Crippen molar-refractivity contribution in [2.24, 2.45) is 0 Å². The van der Waals surface area contributed by atoms with Crippen LogP contribution in [0.2, 0.25) is 0 Å². The summed E-state index contributed by atoms with van der Waals surface area (Å²) < 4.78 is 9.89. The molecule has 22 heavy (non-hydrogen) atoms. The SMILES string of the molecule is CC[C@@H](C)N(CCC(=O)NCCCOC)C(=O)c1ccoc1. The van der Waals surface area contributed by atoms with E-state index in [0.717, 1.165) is 12.8 Å². The van der Waals surface area contributed by atoms with Crippen LogP contribution in [0.4, 0.5) is 0 Å². The fourth-order valence-electron chi connectivity index (χ4n) is 2.05. The highest BCUT2D eigenvalue weighted by Crippen LogP contribution is 2.12. The van der Waals surface area contributed by atoms with Gasteiger partial charge in [-0.25, -0.2) is 0 Å². The van der Waals surface area contributed by atoms with E-state index in [0.29, 0.717) is 31.7 Å². The summed E-state index contributed by atoms with van der Waals surface area (Å²) in [6.07, 6.45) is 4.82. The first-order valence-electron chi connectivity index (χ1n) is 7.69. The second-order valence-corrected chi connectivity index (χ2v) is 5.21. The third kappa shape index (κ3) is 5.89. The molecule has 0 aromatic carbocycles. The lowest BCUT2D eigenvalue weighted by molar-refractivity contribution is -0.121. The molecular weight excluding hydrogens is 284 g/mol. The Morgan fingerprint density at radius 3 is 2.82 bits per heavy atom. The minimum Gasteiger partial charge on any atom is -0.472 e. The van der Waals surface area contributed by atoms with Crippen LogP contribution in [-0.4, -0.2) is 49.6 Å². The Bertz CT molecular complexity index is 445. The number of amides is 2. The van der Waals surface area contributed by atoms with Crippen LogP contribution in [-0.2, 0) is 9.53 Å². The van der Waals surface area contributed by atoms with E-state index in [9.17, 15) is 9.59 Å². The molecule has 2 amide bonds. The van der Waals surface area contributed by atoms with Gasteiger partial charge in [0, 0.05) is 39.3 Å². The zero-order valence-electron chi connectivity index (χ0n) is 13.6. The maximum absolute atomic E-state index is 12.4. The third-order valence-electron chi connectivity index (χ3n) is 3.58. The van der Waals surface area contributed by atoms with Gasteiger partial charge in [0.2, 0.25) is 5.91 Å². The van der Waals surface area contributed by atoms with Crippen molar-refractivity contribution in [3.05, 3.63) is 24.2 Å². The van der Waals surface area contributed by atoms with Gasteiger partial charge in [-0.15, -0.1) is 0 Å². The summed E-state index contributed by atoms with van der Waals surface area (Å²) in [5.74, 6) is -0.153. The second kappa shape index (κ2) is 10.00. The smallest absolute Gasteiger partial charge is 0.257 e. The summed E-state index contributed by atoms with van der Waals surface area (Å²) in [6.45, 7) is 5.61. The third-order valence-corrected chi connectivity index (χ3v) is 3.58. The van der Waals surface area contributed by atoms with Crippen LogP contribution in [0.15, 0.2) is 23.0 Å². The van der Waals surface area contributed by atoms with E-state index in [-0.39, 0.29) is 17.9 Å². The number of hydrogen-bond donors (Lipinski definition) is 1. The highest BCUT2D eigenvalue weighted by molar-refractivity contribution is 5.94. The van der Waals surface area contributed by atoms with Gasteiger partial charge in [-0.05, 0) is 25.8 Å². The van der Waals surface area contributed by atoms with Gasteiger partial charge in [-0.2, -0.15) is 0 Å². The molecule has 0 unspecified atom stereocenters. The molecule has 1 aromatic heterocycles. The number of furan rings is 1. The number of carbonyl (C=O) groups is 2. The second-order valence-electron chi connectivity index (χ2n) is 5.21. The number of methoxy groups -OCH3 is 1. The summed E-state index contributed by atoms with van der Waals surface area (Å²) in [4.78, 5) is 26.0. The number of hydrogen-bond acceptors (Lipinski definition) is 4. The zero-order chi connectivity index (χ0) is 16.4. The van der Waals surface area contributed by atoms with Crippen molar-refractivity contribution in [1.82, 2.24) is 10.2 Å². The van der Waals surface area contributed by atoms with E-state index >= 15 is 0 Å². The van der Waals surface area contributed by atoms with E-state index < -0.39 is 0 Å². The van der Waals surface area contributed by atoms with Crippen LogP contribution in [0.25, 0.3) is 0 Å². The molecule has 1 atom stereocenters. The van der Waals surface area contributed by atoms with Crippen LogP contribution >= 0.6 is 0 Å². The van der Waals surface area contributed by atoms with Crippen molar-refractivity contribution in [1.29, 1.82) is 0 Å². The van der Waals surface area contributed by atoms with Gasteiger partial charge in [0.05, 0.1) is 11.8 Å². The van der Waals surface area contributed by atoms with Crippen molar-refractivity contribution in [3.63, 3.8) is 0 Å². The lowest BCUT2D eigenvalue weighted by Gasteiger charge is -2.28. The Balaban J connectivity index is 2.48. The molecule has 1 heterocycles. The molecule has 0 aliphatic carbocycles. The van der Waals surface area contributed by atoms with Crippen molar-refractivity contribution < 1.29 is 18.7 Å². The van der Waals surface area contributed by atoms with Crippen LogP contribution in [0.1, 0.15) is 43.5 Å². The maximum atomic E-state index is 12.4. The van der Waals surface area contributed by atoms with Crippen LogP contribution in [0.3, 0.4) is 0 Å². The summed E-state index contributed by atoms with van der Waals surface area (Å²) in [6, 6.07) is 1.71. The van der Waals surface area contributed by atoms with Crippen molar-refractivity contribution >= 4 is 11.8 Å². The van der Waals surface area contributed by atoms with Crippen LogP contribution < -0.4 is 5.32 Å². The molecule has 6 nitrogen and oxygen atoms in total. The highest BCUT2D eigenvalue weighted by atomic mass is 16.5. The molecule has 0 saturated carbocycles. The molecular formula is C16H26N2O4. The molecule has 0 bridgehead atoms. The van der Waals surface area contributed by atoms with Crippen molar-refractivity contribution in [2.75, 3.05) is 26.8 Å². The van der Waals surface area contributed by atoms with Gasteiger partial charge in [0.25, 0.3) is 5.91 Å². The fraction of sp³-hybridized carbons (Fsp3) is 0.625. The van der Waals surface area contributed by atoms with Crippen LogP contribution in [0, 0.1) is 0 Å². The van der Waals surface area contributed by atoms with Crippen molar-refractivity contribution in [2.45, 2.75) is 39.2 Å². The largest absolute Gasteiger partial charge is 0.472 e. The molecule has 0 aliphatic rings. The number of carbonyl (C=O) groups excluding carboxylic acids is 2. The maximum Gasteiger partial charge on any atom is 0.257 e. The first-order valence-corrected chi connectivity index (χ1v) is 7.69. The predicted octanol–water partition coefficient (Wildman–Crippen LogP) is 2.06. The molecule has 1 aromatic rings. The first kappa shape index (κ1) is 18.2. The van der Waals surface area contributed by atoms with E-state index in [1.54, 1.807) is 18.1 Å². The Morgan fingerprint density at radius 2 is 2.23 bits per heavy atom. The summed E-state index contributed by atoms with van der Waals surface area (Å²) in [5, 5.41) is 2.83. The first-order chi connectivity index (χ1) is 10.6. The molecule has 1 rings (SSSR count). The van der Waals surface area contributed by atoms with Gasteiger partial charge < -0.3 is 19.4 Å². The Morgan fingerprint density at radius 1 is 1.45 bits per heavy atom. The average molecular weight is 310 g/mol. The van der Waals surface area contributed by atoms with E-state index in [4.69, 9.17) is 9.15 Å². The Labute approximate surface area is 131 Å². The number of nitrogens with one attached hydrogen (secondary N) is 1. The van der Waals surface area contributed by atoms with Crippen LogP contribution in [0.5, 0.6) is 0 Å². The highest BCUT2D eigenvalue weighted by Gasteiger charge is 2.21. The minimum absolute atomic E-state index is 0.0515. The monoisotopic (exact) mass is 310 g/mol. The van der Waals surface area contributed by atoms with Gasteiger partial charge in [-0.3, -0.25) is 9.59 Å². The molecule has 0 saturated heterocycles. The van der Waals surface area contributed by atoms with E-state index in [2.05, 4.69) is 5.32 Å². The molecule has 124 valence electrons. The molecule has 1 N–H and O–H groups in total. The van der Waals surface area contributed by atoms with E-state index in [1.807, 2.05) is 13.8 Å². The zero-order valence-corrected chi connectivity index (χ0v) is 13.6. The van der Waals surface area contributed by atoms with E-state index in [1.165, 1.54) is 12.5 Å².